The van der Waals surface area contributed by atoms with Crippen molar-refractivity contribution in [3.05, 3.63) is 11.1 Å². The van der Waals surface area contributed by atoms with E-state index in [4.69, 9.17) is 9.47 Å². The molecule has 1 aliphatic heterocycles. The highest BCUT2D eigenvalue weighted by molar-refractivity contribution is 7.13. The summed E-state index contributed by atoms with van der Waals surface area (Å²) in [6.45, 7) is 3.85. The SMILES string of the molecule is CCOC(=O)Cc1csc(N(C)C2CCOCC2)n1. The van der Waals surface area contributed by atoms with Crippen LogP contribution in [0.1, 0.15) is 25.5 Å². The average molecular weight is 284 g/mol. The molecule has 0 N–H and O–H groups in total. The highest BCUT2D eigenvalue weighted by Gasteiger charge is 2.21. The highest BCUT2D eigenvalue weighted by Crippen LogP contribution is 2.25. The summed E-state index contributed by atoms with van der Waals surface area (Å²) in [6.07, 6.45) is 2.32. The normalized spacial score (nSPS) is 16.3. The second kappa shape index (κ2) is 6.86. The van der Waals surface area contributed by atoms with Gasteiger partial charge >= 0.3 is 5.97 Å². The van der Waals surface area contributed by atoms with Crippen molar-refractivity contribution in [3.63, 3.8) is 0 Å². The van der Waals surface area contributed by atoms with Crippen LogP contribution in [0, 0.1) is 0 Å². The van der Waals surface area contributed by atoms with Gasteiger partial charge in [0.25, 0.3) is 0 Å². The predicted octanol–water partition coefficient (Wildman–Crippen LogP) is 1.86. The lowest BCUT2D eigenvalue weighted by Crippen LogP contribution is -2.36. The Balaban J connectivity index is 1.93. The summed E-state index contributed by atoms with van der Waals surface area (Å²) in [5, 5.41) is 2.90. The van der Waals surface area contributed by atoms with Crippen molar-refractivity contribution in [2.75, 3.05) is 31.8 Å². The van der Waals surface area contributed by atoms with Crippen LogP contribution < -0.4 is 4.90 Å². The quantitative estimate of drug-likeness (QED) is 0.773. The monoisotopic (exact) mass is 284 g/mol. The van der Waals surface area contributed by atoms with Gasteiger partial charge in [0.1, 0.15) is 0 Å². The van der Waals surface area contributed by atoms with E-state index in [9.17, 15) is 4.79 Å². The van der Waals surface area contributed by atoms with Crippen molar-refractivity contribution in [1.29, 1.82) is 0 Å². The van der Waals surface area contributed by atoms with Gasteiger partial charge in [-0.05, 0) is 19.8 Å². The van der Waals surface area contributed by atoms with Gasteiger partial charge in [0.15, 0.2) is 5.13 Å². The Labute approximate surface area is 117 Å². The first-order valence-electron chi connectivity index (χ1n) is 6.61. The fraction of sp³-hybridized carbons (Fsp3) is 0.692. The maximum Gasteiger partial charge on any atom is 0.311 e. The summed E-state index contributed by atoms with van der Waals surface area (Å²) < 4.78 is 10.3. The molecule has 1 aliphatic rings. The molecule has 2 rings (SSSR count). The molecule has 1 aromatic heterocycles. The number of esters is 1. The molecule has 106 valence electrons. The van der Waals surface area contributed by atoms with Crippen LogP contribution in [0.3, 0.4) is 0 Å². The zero-order valence-electron chi connectivity index (χ0n) is 11.4. The molecule has 1 saturated heterocycles. The van der Waals surface area contributed by atoms with E-state index in [1.807, 2.05) is 12.3 Å². The van der Waals surface area contributed by atoms with Crippen molar-refractivity contribution < 1.29 is 14.3 Å². The van der Waals surface area contributed by atoms with Gasteiger partial charge in [0, 0.05) is 31.7 Å². The van der Waals surface area contributed by atoms with Gasteiger partial charge in [0.2, 0.25) is 0 Å². The summed E-state index contributed by atoms with van der Waals surface area (Å²) in [5.74, 6) is -0.215. The molecule has 1 fully saturated rings. The second-order valence-electron chi connectivity index (χ2n) is 4.56. The van der Waals surface area contributed by atoms with Crippen molar-refractivity contribution in [1.82, 2.24) is 4.98 Å². The number of ether oxygens (including phenoxy) is 2. The maximum absolute atomic E-state index is 11.4. The summed E-state index contributed by atoms with van der Waals surface area (Å²) in [6, 6.07) is 0.482. The number of hydrogen-bond donors (Lipinski definition) is 0. The highest BCUT2D eigenvalue weighted by atomic mass is 32.1. The maximum atomic E-state index is 11.4. The molecule has 0 spiro atoms. The zero-order chi connectivity index (χ0) is 13.7. The van der Waals surface area contributed by atoms with E-state index in [0.717, 1.165) is 36.9 Å². The number of rotatable bonds is 5. The number of carbonyl (C=O) groups is 1. The van der Waals surface area contributed by atoms with Gasteiger partial charge in [-0.2, -0.15) is 0 Å². The minimum absolute atomic E-state index is 0.215. The molecule has 2 heterocycles. The minimum atomic E-state index is -0.215. The molecule has 1 aromatic rings. The van der Waals surface area contributed by atoms with E-state index in [1.54, 1.807) is 11.3 Å². The number of hydrogen-bond acceptors (Lipinski definition) is 6. The molecular weight excluding hydrogens is 264 g/mol. The van der Waals surface area contributed by atoms with Crippen LogP contribution in [0.5, 0.6) is 0 Å². The van der Waals surface area contributed by atoms with Gasteiger partial charge < -0.3 is 14.4 Å². The molecule has 0 unspecified atom stereocenters. The third-order valence-corrected chi connectivity index (χ3v) is 4.19. The Hall–Kier alpha value is -1.14. The van der Waals surface area contributed by atoms with Crippen LogP contribution in [0.4, 0.5) is 5.13 Å². The summed E-state index contributed by atoms with van der Waals surface area (Å²) in [4.78, 5) is 18.1. The molecule has 0 amide bonds. The first kappa shape index (κ1) is 14.3. The van der Waals surface area contributed by atoms with E-state index >= 15 is 0 Å². The van der Waals surface area contributed by atoms with Crippen LogP contribution in [0.2, 0.25) is 0 Å². The fourth-order valence-corrected chi connectivity index (χ4v) is 2.99. The van der Waals surface area contributed by atoms with Crippen LogP contribution in [0.25, 0.3) is 0 Å². The lowest BCUT2D eigenvalue weighted by Gasteiger charge is -2.30. The van der Waals surface area contributed by atoms with Crippen LogP contribution in [-0.2, 0) is 20.7 Å². The smallest absolute Gasteiger partial charge is 0.311 e. The molecular formula is C13H20N2O3S. The van der Waals surface area contributed by atoms with E-state index in [-0.39, 0.29) is 12.4 Å². The van der Waals surface area contributed by atoms with E-state index in [2.05, 4.69) is 16.9 Å². The van der Waals surface area contributed by atoms with Crippen molar-refractivity contribution in [2.24, 2.45) is 0 Å². The first-order valence-corrected chi connectivity index (χ1v) is 7.49. The average Bonchev–Trinajstić information content (AvgIpc) is 2.87. The van der Waals surface area contributed by atoms with Gasteiger partial charge in [-0.15, -0.1) is 11.3 Å². The lowest BCUT2D eigenvalue weighted by atomic mass is 10.1. The Bertz CT molecular complexity index is 416. The van der Waals surface area contributed by atoms with E-state index in [0.29, 0.717) is 12.6 Å². The van der Waals surface area contributed by atoms with Gasteiger partial charge in [0.05, 0.1) is 18.7 Å². The standard InChI is InChI=1S/C13H20N2O3S/c1-3-18-12(16)8-10-9-19-13(14-10)15(2)11-4-6-17-7-5-11/h9,11H,3-8H2,1-2H3. The Morgan fingerprint density at radius 1 is 1.58 bits per heavy atom. The van der Waals surface area contributed by atoms with Gasteiger partial charge in [-0.25, -0.2) is 4.98 Å². The predicted molar refractivity (Wildman–Crippen MR) is 74.7 cm³/mol. The van der Waals surface area contributed by atoms with Crippen LogP contribution in [0.15, 0.2) is 5.38 Å². The fourth-order valence-electron chi connectivity index (χ4n) is 2.13. The molecule has 5 nitrogen and oxygen atoms in total. The number of thiazole rings is 1. The third kappa shape index (κ3) is 3.91. The number of nitrogens with zero attached hydrogens (tertiary/aromatic N) is 2. The van der Waals surface area contributed by atoms with Gasteiger partial charge in [-0.1, -0.05) is 0 Å². The molecule has 0 aliphatic carbocycles. The zero-order valence-corrected chi connectivity index (χ0v) is 12.2. The summed E-state index contributed by atoms with van der Waals surface area (Å²) >= 11 is 1.58. The number of carbonyl (C=O) groups excluding carboxylic acids is 1. The van der Waals surface area contributed by atoms with Crippen molar-refractivity contribution in [2.45, 2.75) is 32.2 Å². The third-order valence-electron chi connectivity index (χ3n) is 3.21. The first-order chi connectivity index (χ1) is 9.20. The minimum Gasteiger partial charge on any atom is -0.466 e. The molecule has 0 saturated carbocycles. The lowest BCUT2D eigenvalue weighted by molar-refractivity contribution is -0.142. The van der Waals surface area contributed by atoms with Crippen LogP contribution in [-0.4, -0.2) is 43.9 Å². The molecule has 0 atom stereocenters. The summed E-state index contributed by atoms with van der Waals surface area (Å²) in [7, 11) is 2.06. The van der Waals surface area contributed by atoms with Crippen LogP contribution >= 0.6 is 11.3 Å². The number of aromatic nitrogens is 1. The molecule has 0 aromatic carbocycles. The van der Waals surface area contributed by atoms with Crippen molar-refractivity contribution in [3.8, 4) is 0 Å². The molecule has 6 heteroatoms. The van der Waals surface area contributed by atoms with Gasteiger partial charge in [-0.3, -0.25) is 4.79 Å². The second-order valence-corrected chi connectivity index (χ2v) is 5.39. The Kier molecular flexibility index (Phi) is 5.15. The molecule has 0 bridgehead atoms. The van der Waals surface area contributed by atoms with E-state index < -0.39 is 0 Å². The molecule has 0 radical (unpaired) electrons. The summed E-state index contributed by atoms with van der Waals surface area (Å²) in [5.41, 5.74) is 0.789. The van der Waals surface area contributed by atoms with E-state index in [1.165, 1.54) is 0 Å². The largest absolute Gasteiger partial charge is 0.466 e. The number of anilines is 1. The molecule has 19 heavy (non-hydrogen) atoms. The topological polar surface area (TPSA) is 51.7 Å². The Morgan fingerprint density at radius 2 is 2.32 bits per heavy atom. The van der Waals surface area contributed by atoms with Crippen molar-refractivity contribution >= 4 is 22.4 Å². The Morgan fingerprint density at radius 3 is 3.00 bits per heavy atom.